The lowest BCUT2D eigenvalue weighted by atomic mass is 9.88. The minimum Gasteiger partial charge on any atom is -0.388 e. The fourth-order valence-electron chi connectivity index (χ4n) is 4.31. The highest BCUT2D eigenvalue weighted by Gasteiger charge is 2.34. The van der Waals surface area contributed by atoms with Gasteiger partial charge in [0.15, 0.2) is 0 Å². The van der Waals surface area contributed by atoms with Gasteiger partial charge in [0.25, 0.3) is 0 Å². The van der Waals surface area contributed by atoms with Crippen LogP contribution in [0, 0.1) is 6.92 Å². The summed E-state index contributed by atoms with van der Waals surface area (Å²) in [6, 6.07) is 4.35. The Kier molecular flexibility index (Phi) is 5.74. The number of carbonyl (C=O) groups is 1. The third-order valence-corrected chi connectivity index (χ3v) is 5.86. The van der Waals surface area contributed by atoms with E-state index in [-0.39, 0.29) is 5.91 Å². The third kappa shape index (κ3) is 4.79. The number of pyridine rings is 1. The van der Waals surface area contributed by atoms with Gasteiger partial charge < -0.3 is 14.9 Å². The number of rotatable bonds is 3. The number of aliphatic hydroxyl groups is 1. The number of hydrogen-bond acceptors (Lipinski definition) is 4. The highest BCUT2D eigenvalue weighted by molar-refractivity contribution is 5.73. The summed E-state index contributed by atoms with van der Waals surface area (Å²) in [5.74, 6) is 0.729. The maximum absolute atomic E-state index is 11.6. The summed E-state index contributed by atoms with van der Waals surface area (Å²) in [4.78, 5) is 20.2. The molecule has 1 amide bonds. The average Bonchev–Trinajstić information content (AvgIpc) is 2.77. The number of hydrogen-bond donors (Lipinski definition) is 1. The molecule has 5 nitrogen and oxygen atoms in total. The van der Waals surface area contributed by atoms with Crippen LogP contribution in [-0.2, 0) is 4.79 Å². The van der Waals surface area contributed by atoms with E-state index < -0.39 is 5.60 Å². The summed E-state index contributed by atoms with van der Waals surface area (Å²) < 4.78 is 0. The first-order valence-corrected chi connectivity index (χ1v) is 9.58. The molecule has 0 spiro atoms. The van der Waals surface area contributed by atoms with Crippen LogP contribution < -0.4 is 0 Å². The largest absolute Gasteiger partial charge is 0.388 e. The van der Waals surface area contributed by atoms with Crippen LogP contribution in [0.1, 0.15) is 56.2 Å². The maximum atomic E-state index is 11.6. The van der Waals surface area contributed by atoms with Crippen molar-refractivity contribution in [2.45, 2.75) is 57.5 Å². The van der Waals surface area contributed by atoms with Gasteiger partial charge >= 0.3 is 0 Å². The predicted octanol–water partition coefficient (Wildman–Crippen LogP) is 2.33. The van der Waals surface area contributed by atoms with Crippen LogP contribution in [0.25, 0.3) is 0 Å². The fraction of sp³-hybridized carbons (Fsp3) is 0.700. The number of nitrogens with zero attached hydrogens (tertiary/aromatic N) is 3. The Labute approximate surface area is 151 Å². The zero-order valence-corrected chi connectivity index (χ0v) is 15.6. The van der Waals surface area contributed by atoms with Crippen molar-refractivity contribution < 1.29 is 9.90 Å². The SMILES string of the molecule is CC(=O)N1CCC[C@@](O)(CN2CCC(c3ccnc(C)c3)CC2)CC1. The number of aromatic nitrogens is 1. The van der Waals surface area contributed by atoms with Gasteiger partial charge in [-0.25, -0.2) is 0 Å². The summed E-state index contributed by atoms with van der Waals surface area (Å²) in [6.45, 7) is 7.93. The monoisotopic (exact) mass is 345 g/mol. The van der Waals surface area contributed by atoms with E-state index in [1.807, 2.05) is 18.0 Å². The van der Waals surface area contributed by atoms with E-state index in [9.17, 15) is 9.90 Å². The number of carbonyl (C=O) groups excluding carboxylic acids is 1. The molecular formula is C20H31N3O2. The van der Waals surface area contributed by atoms with Gasteiger partial charge in [-0.15, -0.1) is 0 Å². The lowest BCUT2D eigenvalue weighted by Gasteiger charge is -2.38. The van der Waals surface area contributed by atoms with E-state index in [0.29, 0.717) is 18.9 Å². The third-order valence-electron chi connectivity index (χ3n) is 5.86. The van der Waals surface area contributed by atoms with Gasteiger partial charge in [0.05, 0.1) is 5.60 Å². The molecule has 0 saturated carbocycles. The average molecular weight is 345 g/mol. The summed E-state index contributed by atoms with van der Waals surface area (Å²) in [6.07, 6.45) is 6.56. The molecule has 138 valence electrons. The van der Waals surface area contributed by atoms with Gasteiger partial charge in [0, 0.05) is 38.4 Å². The van der Waals surface area contributed by atoms with Crippen molar-refractivity contribution >= 4 is 5.91 Å². The van der Waals surface area contributed by atoms with Gasteiger partial charge in [0.2, 0.25) is 5.91 Å². The molecule has 0 bridgehead atoms. The normalized spacial score (nSPS) is 26.4. The molecule has 1 N–H and O–H groups in total. The van der Waals surface area contributed by atoms with Crippen LogP contribution in [0.4, 0.5) is 0 Å². The first-order chi connectivity index (χ1) is 12.0. The zero-order chi connectivity index (χ0) is 17.9. The lowest BCUT2D eigenvalue weighted by molar-refractivity contribution is -0.129. The molecule has 2 fully saturated rings. The van der Waals surface area contributed by atoms with E-state index in [2.05, 4.69) is 22.0 Å². The van der Waals surface area contributed by atoms with Gasteiger partial charge in [-0.1, -0.05) is 0 Å². The Morgan fingerprint density at radius 3 is 2.72 bits per heavy atom. The fourth-order valence-corrected chi connectivity index (χ4v) is 4.31. The molecule has 1 aromatic heterocycles. The Morgan fingerprint density at radius 2 is 2.04 bits per heavy atom. The van der Waals surface area contributed by atoms with Crippen molar-refractivity contribution in [3.63, 3.8) is 0 Å². The number of aryl methyl sites for hydroxylation is 1. The molecular weight excluding hydrogens is 314 g/mol. The van der Waals surface area contributed by atoms with Crippen LogP contribution in [0.2, 0.25) is 0 Å². The number of likely N-dealkylation sites (tertiary alicyclic amines) is 2. The summed E-state index contributed by atoms with van der Waals surface area (Å²) in [5.41, 5.74) is 1.84. The molecule has 1 aromatic rings. The minimum atomic E-state index is -0.649. The van der Waals surface area contributed by atoms with Crippen molar-refractivity contribution in [2.75, 3.05) is 32.7 Å². The molecule has 0 aromatic carbocycles. The Morgan fingerprint density at radius 1 is 1.28 bits per heavy atom. The van der Waals surface area contributed by atoms with Gasteiger partial charge in [-0.3, -0.25) is 9.78 Å². The topological polar surface area (TPSA) is 56.7 Å². The van der Waals surface area contributed by atoms with Crippen LogP contribution in [0.3, 0.4) is 0 Å². The first kappa shape index (κ1) is 18.3. The molecule has 2 saturated heterocycles. The van der Waals surface area contributed by atoms with E-state index in [1.54, 1.807) is 6.92 Å². The zero-order valence-electron chi connectivity index (χ0n) is 15.6. The second-order valence-electron chi connectivity index (χ2n) is 7.86. The molecule has 2 aliphatic heterocycles. The Hall–Kier alpha value is -1.46. The molecule has 2 aliphatic rings. The standard InChI is InChI=1S/C20H31N3O2/c1-16-14-19(4-9-21-16)18-5-11-22(12-6-18)15-20(25)7-3-10-23(13-8-20)17(2)24/h4,9,14,18,25H,3,5-8,10-13,15H2,1-2H3/t20-/m0/s1. The molecule has 3 rings (SSSR count). The molecule has 0 radical (unpaired) electrons. The number of piperidine rings is 1. The lowest BCUT2D eigenvalue weighted by Crippen LogP contribution is -2.46. The van der Waals surface area contributed by atoms with Crippen LogP contribution >= 0.6 is 0 Å². The van der Waals surface area contributed by atoms with Gasteiger partial charge in [-0.05, 0) is 75.7 Å². The second-order valence-corrected chi connectivity index (χ2v) is 7.86. The van der Waals surface area contributed by atoms with E-state index in [0.717, 1.165) is 57.6 Å². The quantitative estimate of drug-likeness (QED) is 0.913. The summed E-state index contributed by atoms with van der Waals surface area (Å²) in [5, 5.41) is 11.0. The summed E-state index contributed by atoms with van der Waals surface area (Å²) in [7, 11) is 0. The van der Waals surface area contributed by atoms with E-state index >= 15 is 0 Å². The van der Waals surface area contributed by atoms with Crippen molar-refractivity contribution in [1.82, 2.24) is 14.8 Å². The minimum absolute atomic E-state index is 0.123. The molecule has 1 atom stereocenters. The second kappa shape index (κ2) is 7.83. The molecule has 0 unspecified atom stereocenters. The predicted molar refractivity (Wildman–Crippen MR) is 98.4 cm³/mol. The van der Waals surface area contributed by atoms with Crippen molar-refractivity contribution in [2.24, 2.45) is 0 Å². The van der Waals surface area contributed by atoms with Crippen molar-refractivity contribution in [1.29, 1.82) is 0 Å². The van der Waals surface area contributed by atoms with Crippen molar-refractivity contribution in [3.05, 3.63) is 29.6 Å². The van der Waals surface area contributed by atoms with Crippen LogP contribution in [0.5, 0.6) is 0 Å². The molecule has 25 heavy (non-hydrogen) atoms. The van der Waals surface area contributed by atoms with Crippen LogP contribution in [-0.4, -0.2) is 64.1 Å². The highest BCUT2D eigenvalue weighted by Crippen LogP contribution is 2.30. The highest BCUT2D eigenvalue weighted by atomic mass is 16.3. The number of amides is 1. The first-order valence-electron chi connectivity index (χ1n) is 9.58. The smallest absolute Gasteiger partial charge is 0.219 e. The maximum Gasteiger partial charge on any atom is 0.219 e. The van der Waals surface area contributed by atoms with E-state index in [4.69, 9.17) is 0 Å². The van der Waals surface area contributed by atoms with Gasteiger partial charge in [0.1, 0.15) is 0 Å². The Balaban J connectivity index is 1.52. The summed E-state index contributed by atoms with van der Waals surface area (Å²) >= 11 is 0. The number of β-amino-alcohol motifs (C(OH)–C–C–N with tert-alkyl or cyclic N) is 1. The van der Waals surface area contributed by atoms with E-state index in [1.165, 1.54) is 5.56 Å². The Bertz CT molecular complexity index is 598. The molecule has 3 heterocycles. The molecule has 0 aliphatic carbocycles. The van der Waals surface area contributed by atoms with Crippen molar-refractivity contribution in [3.8, 4) is 0 Å². The van der Waals surface area contributed by atoms with Gasteiger partial charge in [-0.2, -0.15) is 0 Å². The van der Waals surface area contributed by atoms with Crippen LogP contribution in [0.15, 0.2) is 18.3 Å². The molecule has 5 heteroatoms.